The van der Waals surface area contributed by atoms with Crippen LogP contribution in [-0.2, 0) is 0 Å². The van der Waals surface area contributed by atoms with E-state index in [4.69, 9.17) is 10.2 Å². The monoisotopic (exact) mass is 130 g/mol. The number of aliphatic hydroxyl groups is 2. The van der Waals surface area contributed by atoms with Gasteiger partial charge in [-0.05, 0) is 12.0 Å². The van der Waals surface area contributed by atoms with Crippen LogP contribution in [0.2, 0.25) is 0 Å². The number of aliphatic hydroxyl groups excluding tert-OH is 2. The van der Waals surface area contributed by atoms with Gasteiger partial charge in [0.15, 0.2) is 0 Å². The van der Waals surface area contributed by atoms with Crippen LogP contribution in [0, 0.1) is 0 Å². The van der Waals surface area contributed by atoms with Gasteiger partial charge in [0.1, 0.15) is 0 Å². The van der Waals surface area contributed by atoms with Crippen LogP contribution < -0.4 is 0 Å². The van der Waals surface area contributed by atoms with Crippen LogP contribution in [0.4, 0.5) is 0 Å². The Morgan fingerprint density at radius 2 is 2.22 bits per heavy atom. The molecule has 2 N–H and O–H groups in total. The molecule has 0 amide bonds. The number of rotatable bonds is 4. The minimum atomic E-state index is -0.718. The Balaban J connectivity index is 3.46. The first-order valence-electron chi connectivity index (χ1n) is 3.19. The van der Waals surface area contributed by atoms with Gasteiger partial charge in [0.2, 0.25) is 0 Å². The lowest BCUT2D eigenvalue weighted by Gasteiger charge is -2.08. The van der Waals surface area contributed by atoms with Gasteiger partial charge < -0.3 is 10.2 Å². The smallest absolute Gasteiger partial charge is 0.0978 e. The Bertz CT molecular complexity index is 88.9. The van der Waals surface area contributed by atoms with Crippen LogP contribution >= 0.6 is 0 Å². The molecule has 0 saturated carbocycles. The molecular weight excluding hydrogens is 116 g/mol. The van der Waals surface area contributed by atoms with E-state index in [9.17, 15) is 0 Å². The molecule has 0 radical (unpaired) electrons. The molecule has 9 heavy (non-hydrogen) atoms. The molecule has 0 aliphatic heterocycles. The van der Waals surface area contributed by atoms with Gasteiger partial charge >= 0.3 is 0 Å². The van der Waals surface area contributed by atoms with Gasteiger partial charge in [-0.25, -0.2) is 0 Å². The van der Waals surface area contributed by atoms with Crippen molar-refractivity contribution in [2.24, 2.45) is 0 Å². The van der Waals surface area contributed by atoms with Gasteiger partial charge in [0, 0.05) is 0 Å². The van der Waals surface area contributed by atoms with E-state index in [1.165, 1.54) is 0 Å². The van der Waals surface area contributed by atoms with Crippen molar-refractivity contribution in [1.82, 2.24) is 0 Å². The van der Waals surface area contributed by atoms with Crippen molar-refractivity contribution in [2.75, 3.05) is 6.61 Å². The molecular formula is C7H14O2. The molecule has 54 valence electrons. The largest absolute Gasteiger partial charge is 0.393 e. The number of hydrogen-bond donors (Lipinski definition) is 2. The second-order valence-electron chi connectivity index (χ2n) is 2.11. The van der Waals surface area contributed by atoms with Crippen LogP contribution in [0.15, 0.2) is 12.2 Å². The normalized spacial score (nSPS) is 13.2. The van der Waals surface area contributed by atoms with Crippen molar-refractivity contribution in [2.45, 2.75) is 25.9 Å². The van der Waals surface area contributed by atoms with Crippen molar-refractivity contribution in [3.63, 3.8) is 0 Å². The predicted octanol–water partition coefficient (Wildman–Crippen LogP) is 0.696. The van der Waals surface area contributed by atoms with Gasteiger partial charge in [0.05, 0.1) is 12.7 Å². The Morgan fingerprint density at radius 3 is 2.56 bits per heavy atom. The topological polar surface area (TPSA) is 40.5 Å². The fourth-order valence-corrected chi connectivity index (χ4v) is 0.617. The first-order chi connectivity index (χ1) is 4.22. The van der Waals surface area contributed by atoms with E-state index in [2.05, 4.69) is 6.58 Å². The SMILES string of the molecule is C=C(CCC)C(O)CO. The fraction of sp³-hybridized carbons (Fsp3) is 0.714. The van der Waals surface area contributed by atoms with Crippen LogP contribution in [0.1, 0.15) is 19.8 Å². The van der Waals surface area contributed by atoms with Crippen LogP contribution in [0.5, 0.6) is 0 Å². The Morgan fingerprint density at radius 1 is 1.67 bits per heavy atom. The Hall–Kier alpha value is -0.340. The highest BCUT2D eigenvalue weighted by Gasteiger charge is 2.03. The molecule has 2 heteroatoms. The molecule has 0 aliphatic carbocycles. The van der Waals surface area contributed by atoms with E-state index in [-0.39, 0.29) is 6.61 Å². The zero-order chi connectivity index (χ0) is 7.28. The molecule has 0 saturated heterocycles. The van der Waals surface area contributed by atoms with E-state index in [1.807, 2.05) is 6.92 Å². The Labute approximate surface area is 55.8 Å². The maximum absolute atomic E-state index is 8.91. The van der Waals surface area contributed by atoms with E-state index in [0.717, 1.165) is 18.4 Å². The Kier molecular flexibility index (Phi) is 4.36. The van der Waals surface area contributed by atoms with E-state index < -0.39 is 6.10 Å². The molecule has 0 aromatic rings. The van der Waals surface area contributed by atoms with E-state index in [1.54, 1.807) is 0 Å². The molecule has 0 heterocycles. The highest BCUT2D eigenvalue weighted by Crippen LogP contribution is 2.05. The van der Waals surface area contributed by atoms with Gasteiger partial charge in [-0.1, -0.05) is 19.9 Å². The average Bonchev–Trinajstić information content (AvgIpc) is 1.87. The van der Waals surface area contributed by atoms with Crippen molar-refractivity contribution in [3.05, 3.63) is 12.2 Å². The van der Waals surface area contributed by atoms with Crippen LogP contribution in [-0.4, -0.2) is 22.9 Å². The van der Waals surface area contributed by atoms with E-state index >= 15 is 0 Å². The summed E-state index contributed by atoms with van der Waals surface area (Å²) in [5.41, 5.74) is 0.722. The first-order valence-corrected chi connectivity index (χ1v) is 3.19. The van der Waals surface area contributed by atoms with E-state index in [0.29, 0.717) is 0 Å². The third kappa shape index (κ3) is 3.27. The molecule has 0 bridgehead atoms. The minimum absolute atomic E-state index is 0.209. The molecule has 0 spiro atoms. The molecule has 2 nitrogen and oxygen atoms in total. The molecule has 0 aromatic heterocycles. The maximum atomic E-state index is 8.91. The summed E-state index contributed by atoms with van der Waals surface area (Å²) < 4.78 is 0. The van der Waals surface area contributed by atoms with Crippen molar-refractivity contribution < 1.29 is 10.2 Å². The zero-order valence-corrected chi connectivity index (χ0v) is 5.80. The summed E-state index contributed by atoms with van der Waals surface area (Å²) in [6, 6.07) is 0. The van der Waals surface area contributed by atoms with Gasteiger partial charge in [-0.3, -0.25) is 0 Å². The lowest BCUT2D eigenvalue weighted by atomic mass is 10.1. The van der Waals surface area contributed by atoms with Crippen molar-refractivity contribution in [3.8, 4) is 0 Å². The summed E-state index contributed by atoms with van der Waals surface area (Å²) >= 11 is 0. The minimum Gasteiger partial charge on any atom is -0.393 e. The number of hydrogen-bond acceptors (Lipinski definition) is 2. The molecule has 0 aliphatic rings. The van der Waals surface area contributed by atoms with Crippen LogP contribution in [0.25, 0.3) is 0 Å². The standard InChI is InChI=1S/C7H14O2/c1-3-4-6(2)7(9)5-8/h7-9H,2-5H2,1H3. The summed E-state index contributed by atoms with van der Waals surface area (Å²) in [6.45, 7) is 5.40. The molecule has 1 atom stereocenters. The lowest BCUT2D eigenvalue weighted by Crippen LogP contribution is -2.13. The zero-order valence-electron chi connectivity index (χ0n) is 5.80. The summed E-state index contributed by atoms with van der Waals surface area (Å²) in [5.74, 6) is 0. The quantitative estimate of drug-likeness (QED) is 0.550. The molecule has 1 unspecified atom stereocenters. The van der Waals surface area contributed by atoms with Crippen molar-refractivity contribution >= 4 is 0 Å². The van der Waals surface area contributed by atoms with Crippen molar-refractivity contribution in [1.29, 1.82) is 0 Å². The average molecular weight is 130 g/mol. The summed E-state index contributed by atoms with van der Waals surface area (Å²) in [7, 11) is 0. The fourth-order valence-electron chi connectivity index (χ4n) is 0.617. The van der Waals surface area contributed by atoms with Crippen LogP contribution in [0.3, 0.4) is 0 Å². The third-order valence-corrected chi connectivity index (χ3v) is 1.22. The molecule has 0 aromatic carbocycles. The predicted molar refractivity (Wildman–Crippen MR) is 37.1 cm³/mol. The highest BCUT2D eigenvalue weighted by molar-refractivity contribution is 5.00. The van der Waals surface area contributed by atoms with Gasteiger partial charge in [-0.2, -0.15) is 0 Å². The highest BCUT2D eigenvalue weighted by atomic mass is 16.3. The summed E-state index contributed by atoms with van der Waals surface area (Å²) in [4.78, 5) is 0. The van der Waals surface area contributed by atoms with Gasteiger partial charge in [-0.15, -0.1) is 0 Å². The second-order valence-corrected chi connectivity index (χ2v) is 2.11. The lowest BCUT2D eigenvalue weighted by molar-refractivity contribution is 0.120. The first kappa shape index (κ1) is 8.66. The summed E-state index contributed by atoms with van der Waals surface area (Å²) in [5, 5.41) is 17.3. The third-order valence-electron chi connectivity index (χ3n) is 1.22. The molecule has 0 rings (SSSR count). The maximum Gasteiger partial charge on any atom is 0.0978 e. The summed E-state index contributed by atoms with van der Waals surface area (Å²) in [6.07, 6.45) is 1.04. The second kappa shape index (κ2) is 4.53. The molecule has 0 fully saturated rings. The van der Waals surface area contributed by atoms with Gasteiger partial charge in [0.25, 0.3) is 0 Å².